The summed E-state index contributed by atoms with van der Waals surface area (Å²) in [6, 6.07) is 3.83. The van der Waals surface area contributed by atoms with Crippen molar-refractivity contribution in [2.24, 2.45) is 17.6 Å². The minimum atomic E-state index is 0.483. The molecule has 0 bridgehead atoms. The van der Waals surface area contributed by atoms with Gasteiger partial charge in [-0.2, -0.15) is 11.8 Å². The third-order valence-electron chi connectivity index (χ3n) is 3.33. The largest absolute Gasteiger partial charge is 0.492 e. The molecule has 0 aliphatic carbocycles. The van der Waals surface area contributed by atoms with E-state index in [4.69, 9.17) is 10.5 Å². The minimum absolute atomic E-state index is 0.483. The van der Waals surface area contributed by atoms with Crippen molar-refractivity contribution in [2.75, 3.05) is 24.7 Å². The fraction of sp³-hybridized carbons (Fsp3) is 0.615. The lowest BCUT2D eigenvalue weighted by Gasteiger charge is -2.29. The Bertz CT molecular complexity index is 314. The van der Waals surface area contributed by atoms with Crippen molar-refractivity contribution in [1.29, 1.82) is 0 Å². The number of nitrogens with two attached hydrogens (primary N) is 1. The Balaban J connectivity index is 1.82. The highest BCUT2D eigenvalue weighted by Gasteiger charge is 2.23. The standard InChI is InChI=1S/C13H20N2OS/c14-8-12(11-3-6-17-7-4-11)10-16-13-2-1-5-15-9-13/h1-2,5,9,11-12H,3-4,6-8,10,14H2. The maximum atomic E-state index is 5.87. The number of thioether (sulfide) groups is 1. The molecule has 4 heteroatoms. The lowest BCUT2D eigenvalue weighted by molar-refractivity contribution is 0.190. The third kappa shape index (κ3) is 3.89. The average Bonchev–Trinajstić information content (AvgIpc) is 2.42. The molecule has 0 saturated carbocycles. The second-order valence-electron chi connectivity index (χ2n) is 4.45. The van der Waals surface area contributed by atoms with Gasteiger partial charge >= 0.3 is 0 Å². The summed E-state index contributed by atoms with van der Waals surface area (Å²) in [5, 5.41) is 0. The van der Waals surface area contributed by atoms with Crippen LogP contribution in [-0.4, -0.2) is 29.6 Å². The van der Waals surface area contributed by atoms with Gasteiger partial charge in [0, 0.05) is 12.1 Å². The van der Waals surface area contributed by atoms with Gasteiger partial charge in [-0.25, -0.2) is 0 Å². The summed E-state index contributed by atoms with van der Waals surface area (Å²) in [6.45, 7) is 1.44. The molecular weight excluding hydrogens is 232 g/mol. The van der Waals surface area contributed by atoms with Gasteiger partial charge in [0.15, 0.2) is 0 Å². The lowest BCUT2D eigenvalue weighted by Crippen LogP contribution is -2.31. The summed E-state index contributed by atoms with van der Waals surface area (Å²) in [4.78, 5) is 4.04. The van der Waals surface area contributed by atoms with Crippen molar-refractivity contribution in [2.45, 2.75) is 12.8 Å². The smallest absolute Gasteiger partial charge is 0.137 e. The van der Waals surface area contributed by atoms with E-state index in [2.05, 4.69) is 4.98 Å². The molecule has 0 aromatic carbocycles. The van der Waals surface area contributed by atoms with Crippen LogP contribution < -0.4 is 10.5 Å². The molecule has 17 heavy (non-hydrogen) atoms. The third-order valence-corrected chi connectivity index (χ3v) is 4.38. The van der Waals surface area contributed by atoms with Crippen molar-refractivity contribution >= 4 is 11.8 Å². The first kappa shape index (κ1) is 12.7. The first-order chi connectivity index (χ1) is 8.40. The van der Waals surface area contributed by atoms with Gasteiger partial charge < -0.3 is 10.5 Å². The monoisotopic (exact) mass is 252 g/mol. The van der Waals surface area contributed by atoms with E-state index in [-0.39, 0.29) is 0 Å². The molecule has 0 amide bonds. The molecule has 1 aromatic heterocycles. The van der Waals surface area contributed by atoms with Gasteiger partial charge in [0.2, 0.25) is 0 Å². The molecule has 1 aliphatic heterocycles. The first-order valence-corrected chi connectivity index (χ1v) is 7.36. The van der Waals surface area contributed by atoms with Crippen LogP contribution >= 0.6 is 11.8 Å². The summed E-state index contributed by atoms with van der Waals surface area (Å²) in [6.07, 6.45) is 6.07. The average molecular weight is 252 g/mol. The van der Waals surface area contributed by atoms with Gasteiger partial charge in [-0.15, -0.1) is 0 Å². The zero-order valence-corrected chi connectivity index (χ0v) is 10.9. The maximum Gasteiger partial charge on any atom is 0.137 e. The molecule has 1 saturated heterocycles. The van der Waals surface area contributed by atoms with E-state index in [9.17, 15) is 0 Å². The zero-order valence-electron chi connectivity index (χ0n) is 10.0. The fourth-order valence-electron chi connectivity index (χ4n) is 2.22. The second-order valence-corrected chi connectivity index (χ2v) is 5.67. The molecule has 2 heterocycles. The predicted molar refractivity (Wildman–Crippen MR) is 72.3 cm³/mol. The Morgan fingerprint density at radius 2 is 2.29 bits per heavy atom. The van der Waals surface area contributed by atoms with E-state index >= 15 is 0 Å². The number of ether oxygens (including phenoxy) is 1. The van der Waals surface area contributed by atoms with E-state index in [0.717, 1.165) is 24.8 Å². The van der Waals surface area contributed by atoms with E-state index < -0.39 is 0 Å². The lowest BCUT2D eigenvalue weighted by atomic mass is 9.88. The molecule has 2 rings (SSSR count). The molecule has 0 radical (unpaired) electrons. The molecule has 0 spiro atoms. The van der Waals surface area contributed by atoms with Crippen molar-refractivity contribution in [3.05, 3.63) is 24.5 Å². The van der Waals surface area contributed by atoms with Crippen LogP contribution in [0.5, 0.6) is 5.75 Å². The van der Waals surface area contributed by atoms with E-state index in [0.29, 0.717) is 5.92 Å². The molecule has 3 nitrogen and oxygen atoms in total. The highest BCUT2D eigenvalue weighted by Crippen LogP contribution is 2.28. The highest BCUT2D eigenvalue weighted by atomic mass is 32.2. The topological polar surface area (TPSA) is 48.1 Å². The van der Waals surface area contributed by atoms with Crippen LogP contribution in [0.3, 0.4) is 0 Å². The predicted octanol–water partition coefficient (Wildman–Crippen LogP) is 2.18. The molecule has 1 aromatic rings. The fourth-order valence-corrected chi connectivity index (χ4v) is 3.36. The van der Waals surface area contributed by atoms with Gasteiger partial charge in [-0.05, 0) is 48.9 Å². The summed E-state index contributed by atoms with van der Waals surface area (Å²) in [7, 11) is 0. The molecule has 1 unspecified atom stereocenters. The van der Waals surface area contributed by atoms with E-state index in [1.165, 1.54) is 24.3 Å². The SMILES string of the molecule is NCC(COc1cccnc1)C1CCSCC1. The van der Waals surface area contributed by atoms with Crippen LogP contribution in [0.25, 0.3) is 0 Å². The van der Waals surface area contributed by atoms with Crippen LogP contribution in [0, 0.1) is 11.8 Å². The molecule has 1 fully saturated rings. The summed E-state index contributed by atoms with van der Waals surface area (Å²) >= 11 is 2.05. The molecule has 94 valence electrons. The first-order valence-electron chi connectivity index (χ1n) is 6.21. The molecule has 1 aliphatic rings. The van der Waals surface area contributed by atoms with Crippen molar-refractivity contribution in [3.63, 3.8) is 0 Å². The Morgan fingerprint density at radius 3 is 2.94 bits per heavy atom. The van der Waals surface area contributed by atoms with Crippen LogP contribution in [0.2, 0.25) is 0 Å². The minimum Gasteiger partial charge on any atom is -0.492 e. The zero-order chi connectivity index (χ0) is 11.9. The van der Waals surface area contributed by atoms with Gasteiger partial charge in [0.25, 0.3) is 0 Å². The number of nitrogens with zero attached hydrogens (tertiary/aromatic N) is 1. The second kappa shape index (κ2) is 6.87. The van der Waals surface area contributed by atoms with Gasteiger partial charge in [0.1, 0.15) is 5.75 Å². The Hall–Kier alpha value is -0.740. The summed E-state index contributed by atoms with van der Waals surface area (Å²) in [5.41, 5.74) is 5.87. The summed E-state index contributed by atoms with van der Waals surface area (Å²) < 4.78 is 5.76. The number of rotatable bonds is 5. The van der Waals surface area contributed by atoms with Gasteiger partial charge in [-0.1, -0.05) is 0 Å². The van der Waals surface area contributed by atoms with Crippen molar-refractivity contribution < 1.29 is 4.74 Å². The Labute approximate surface area is 107 Å². The van der Waals surface area contributed by atoms with Gasteiger partial charge in [-0.3, -0.25) is 4.98 Å². The molecular formula is C13H20N2OS. The van der Waals surface area contributed by atoms with Crippen LogP contribution in [0.4, 0.5) is 0 Å². The maximum absolute atomic E-state index is 5.87. The van der Waals surface area contributed by atoms with Gasteiger partial charge in [0.05, 0.1) is 12.8 Å². The number of hydrogen-bond donors (Lipinski definition) is 1. The van der Waals surface area contributed by atoms with E-state index in [1.54, 1.807) is 12.4 Å². The Morgan fingerprint density at radius 1 is 1.47 bits per heavy atom. The number of aromatic nitrogens is 1. The number of hydrogen-bond acceptors (Lipinski definition) is 4. The quantitative estimate of drug-likeness (QED) is 0.872. The summed E-state index contributed by atoms with van der Waals surface area (Å²) in [5.74, 6) is 4.60. The van der Waals surface area contributed by atoms with Crippen LogP contribution in [-0.2, 0) is 0 Å². The molecule has 2 N–H and O–H groups in total. The van der Waals surface area contributed by atoms with E-state index in [1.807, 2.05) is 23.9 Å². The van der Waals surface area contributed by atoms with Crippen molar-refractivity contribution in [1.82, 2.24) is 4.98 Å². The highest BCUT2D eigenvalue weighted by molar-refractivity contribution is 7.99. The van der Waals surface area contributed by atoms with Crippen LogP contribution in [0.15, 0.2) is 24.5 Å². The Kier molecular flexibility index (Phi) is 5.13. The van der Waals surface area contributed by atoms with Crippen molar-refractivity contribution in [3.8, 4) is 5.75 Å². The normalized spacial score (nSPS) is 18.9. The molecule has 1 atom stereocenters. The number of pyridine rings is 1. The van der Waals surface area contributed by atoms with Crippen LogP contribution in [0.1, 0.15) is 12.8 Å².